The molecule has 0 N–H and O–H groups in total. The van der Waals surface area contributed by atoms with Gasteiger partial charge in [0.05, 0.1) is 0 Å². The highest BCUT2D eigenvalue weighted by molar-refractivity contribution is 6.30. The second-order valence-corrected chi connectivity index (χ2v) is 12.4. The Morgan fingerprint density at radius 1 is 0.531 bits per heavy atom. The molecule has 0 unspecified atom stereocenters. The second-order valence-electron chi connectivity index (χ2n) is 12.4. The molecule has 0 aliphatic rings. The number of allylic oxidation sites excluding steroid dienone is 5. The maximum atomic E-state index is 5.63. The first-order valence-electron chi connectivity index (χ1n) is 16.7. The lowest BCUT2D eigenvalue weighted by molar-refractivity contribution is 1.48. The fourth-order valence-electron chi connectivity index (χ4n) is 7.37. The molecule has 0 fully saturated rings. The van der Waals surface area contributed by atoms with E-state index in [0.717, 1.165) is 5.57 Å². The minimum Gasteiger partial charge on any atom is -0.115 e. The summed E-state index contributed by atoms with van der Waals surface area (Å²) in [7, 11) is 0. The van der Waals surface area contributed by atoms with Crippen molar-refractivity contribution in [2.24, 2.45) is 0 Å². The fraction of sp³-hybridized carbons (Fsp3) is 0.0204. The Hall–Kier alpha value is -6.42. The molecule has 0 heteroatoms. The van der Waals surface area contributed by atoms with Crippen LogP contribution in [-0.4, -0.2) is 0 Å². The molecular weight excluding hydrogens is 589 g/mol. The predicted molar refractivity (Wildman–Crippen MR) is 212 cm³/mol. The minimum absolute atomic E-state index is 1.14. The van der Waals surface area contributed by atoms with Crippen LogP contribution in [0.2, 0.25) is 0 Å². The Bertz CT molecular complexity index is 2460. The van der Waals surface area contributed by atoms with Gasteiger partial charge in [-0.3, -0.25) is 0 Å². The van der Waals surface area contributed by atoms with Gasteiger partial charge >= 0.3 is 0 Å². The summed E-state index contributed by atoms with van der Waals surface area (Å²) in [6, 6.07) is 59.3. The van der Waals surface area contributed by atoms with Crippen molar-refractivity contribution in [3.63, 3.8) is 0 Å². The summed E-state index contributed by atoms with van der Waals surface area (Å²) in [5.74, 6) is 2.65. The molecule has 0 aromatic heterocycles. The highest BCUT2D eigenvalue weighted by Gasteiger charge is 2.22. The van der Waals surface area contributed by atoms with Gasteiger partial charge in [-0.05, 0) is 107 Å². The molecular formula is C49H34. The summed E-state index contributed by atoms with van der Waals surface area (Å²) in [6.45, 7) is 2.20. The molecule has 0 atom stereocenters. The molecule has 0 aliphatic heterocycles. The van der Waals surface area contributed by atoms with Gasteiger partial charge in [-0.15, -0.1) is 6.42 Å². The number of rotatable bonds is 7. The Labute approximate surface area is 288 Å². The zero-order chi connectivity index (χ0) is 33.2. The van der Waals surface area contributed by atoms with Crippen molar-refractivity contribution in [3.8, 4) is 34.6 Å². The third kappa shape index (κ3) is 5.42. The van der Waals surface area contributed by atoms with Crippen LogP contribution in [0.25, 0.3) is 65.7 Å². The molecule has 8 rings (SSSR count). The van der Waals surface area contributed by atoms with Gasteiger partial charge < -0.3 is 0 Å². The number of hydrogen-bond donors (Lipinski definition) is 0. The van der Waals surface area contributed by atoms with E-state index in [1.54, 1.807) is 6.08 Å². The van der Waals surface area contributed by atoms with E-state index in [-0.39, 0.29) is 0 Å². The van der Waals surface area contributed by atoms with Gasteiger partial charge in [-0.2, -0.15) is 0 Å². The maximum absolute atomic E-state index is 5.63. The summed E-state index contributed by atoms with van der Waals surface area (Å²) < 4.78 is 0. The van der Waals surface area contributed by atoms with Crippen LogP contribution in [0.5, 0.6) is 0 Å². The number of benzene rings is 8. The van der Waals surface area contributed by atoms with Gasteiger partial charge in [0.15, 0.2) is 0 Å². The Balaban J connectivity index is 1.53. The number of terminal acetylenes is 1. The van der Waals surface area contributed by atoms with Crippen LogP contribution < -0.4 is 0 Å². The van der Waals surface area contributed by atoms with E-state index >= 15 is 0 Å². The third-order valence-electron chi connectivity index (χ3n) is 9.53. The molecule has 0 radical (unpaired) electrons. The zero-order valence-corrected chi connectivity index (χ0v) is 27.4. The fourth-order valence-corrected chi connectivity index (χ4v) is 7.37. The molecule has 0 saturated heterocycles. The molecule has 0 bridgehead atoms. The lowest BCUT2D eigenvalue weighted by atomic mass is 9.81. The van der Waals surface area contributed by atoms with Crippen LogP contribution in [-0.2, 0) is 0 Å². The summed E-state index contributed by atoms with van der Waals surface area (Å²) in [5.41, 5.74) is 12.0. The maximum Gasteiger partial charge on any atom is -0.00141 e. The first kappa shape index (κ1) is 29.9. The van der Waals surface area contributed by atoms with Crippen molar-refractivity contribution >= 4 is 43.5 Å². The van der Waals surface area contributed by atoms with Crippen LogP contribution in [0.3, 0.4) is 0 Å². The average molecular weight is 623 g/mol. The molecule has 0 saturated carbocycles. The van der Waals surface area contributed by atoms with E-state index in [0.29, 0.717) is 0 Å². The molecule has 0 amide bonds. The van der Waals surface area contributed by atoms with Crippen LogP contribution in [0, 0.1) is 12.3 Å². The predicted octanol–water partition coefficient (Wildman–Crippen LogP) is 13.0. The lowest BCUT2D eigenvalue weighted by Gasteiger charge is -2.22. The summed E-state index contributed by atoms with van der Waals surface area (Å²) in [5, 5.41) is 7.57. The normalized spacial score (nSPS) is 11.8. The van der Waals surface area contributed by atoms with E-state index in [9.17, 15) is 0 Å². The average Bonchev–Trinajstić information content (AvgIpc) is 3.17. The molecule has 8 aromatic rings. The highest BCUT2D eigenvalue weighted by atomic mass is 14.2. The summed E-state index contributed by atoms with van der Waals surface area (Å²) in [4.78, 5) is 0. The van der Waals surface area contributed by atoms with E-state index < -0.39 is 0 Å². The van der Waals surface area contributed by atoms with Crippen LogP contribution in [0.4, 0.5) is 0 Å². The number of hydrogen-bond acceptors (Lipinski definition) is 0. The lowest BCUT2D eigenvalue weighted by Crippen LogP contribution is -1.99. The van der Waals surface area contributed by atoms with Crippen molar-refractivity contribution in [3.05, 3.63) is 204 Å². The Kier molecular flexibility index (Phi) is 7.94. The molecule has 8 aromatic carbocycles. The van der Waals surface area contributed by atoms with Crippen molar-refractivity contribution in [1.29, 1.82) is 0 Å². The van der Waals surface area contributed by atoms with Gasteiger partial charge in [-0.1, -0.05) is 176 Å². The first-order valence-corrected chi connectivity index (χ1v) is 16.7. The highest BCUT2D eigenvalue weighted by Crippen LogP contribution is 2.47. The molecule has 0 aliphatic carbocycles. The van der Waals surface area contributed by atoms with Crippen LogP contribution in [0.15, 0.2) is 188 Å². The molecule has 230 valence electrons. The largest absolute Gasteiger partial charge is 0.115 e. The van der Waals surface area contributed by atoms with Crippen molar-refractivity contribution in [2.75, 3.05) is 0 Å². The van der Waals surface area contributed by atoms with Crippen molar-refractivity contribution < 1.29 is 0 Å². The summed E-state index contributed by atoms with van der Waals surface area (Å²) >= 11 is 0. The standard InChI is InChI=1S/C49H34/c1-3-4-9-18-34(2)46(47(37-23-14-7-15-24-37)38-25-16-8-17-26-38)40-29-27-39-28-30-42-44(35-19-10-5-11-20-35)33-45(36-21-12-6-13-22-36)43-32-31-41(40)48(39)49(42)43/h1,4-33H,2H3/b9-4-,34-18+. The minimum atomic E-state index is 1.14. The van der Waals surface area contributed by atoms with Gasteiger partial charge in [0.1, 0.15) is 0 Å². The van der Waals surface area contributed by atoms with Crippen LogP contribution in [0.1, 0.15) is 23.6 Å². The Morgan fingerprint density at radius 2 is 1.02 bits per heavy atom. The first-order chi connectivity index (χ1) is 24.2. The van der Waals surface area contributed by atoms with Gasteiger partial charge in [0, 0.05) is 0 Å². The Morgan fingerprint density at radius 3 is 1.57 bits per heavy atom. The van der Waals surface area contributed by atoms with E-state index in [4.69, 9.17) is 6.42 Å². The third-order valence-corrected chi connectivity index (χ3v) is 9.53. The molecule has 0 spiro atoms. The van der Waals surface area contributed by atoms with Gasteiger partial charge in [0.2, 0.25) is 0 Å². The second kappa shape index (κ2) is 13.0. The van der Waals surface area contributed by atoms with Gasteiger partial charge in [0.25, 0.3) is 0 Å². The smallest absolute Gasteiger partial charge is 0.00141 e. The van der Waals surface area contributed by atoms with Crippen molar-refractivity contribution in [1.82, 2.24) is 0 Å². The topological polar surface area (TPSA) is 0 Å². The van der Waals surface area contributed by atoms with E-state index in [1.165, 1.54) is 82.4 Å². The molecule has 49 heavy (non-hydrogen) atoms. The molecule has 0 nitrogen and oxygen atoms in total. The van der Waals surface area contributed by atoms with E-state index in [2.05, 4.69) is 183 Å². The van der Waals surface area contributed by atoms with Crippen LogP contribution >= 0.6 is 0 Å². The monoisotopic (exact) mass is 622 g/mol. The van der Waals surface area contributed by atoms with Gasteiger partial charge in [-0.25, -0.2) is 0 Å². The SMILES string of the molecule is C#C/C=C\C=C(/C)C(=C(c1ccccc1)c1ccccc1)c1ccc2ccc3c(-c4ccccc4)cc(-c4ccccc4)c4ccc1c2c34. The van der Waals surface area contributed by atoms with E-state index in [1.807, 2.05) is 6.08 Å². The summed E-state index contributed by atoms with van der Waals surface area (Å²) in [6.07, 6.45) is 11.5. The quantitative estimate of drug-likeness (QED) is 0.0718. The molecule has 0 heterocycles. The zero-order valence-electron chi connectivity index (χ0n) is 27.4. The van der Waals surface area contributed by atoms with Crippen molar-refractivity contribution in [2.45, 2.75) is 6.92 Å².